The lowest BCUT2D eigenvalue weighted by Crippen LogP contribution is -2.22. The molecule has 1 N–H and O–H groups in total. The first kappa shape index (κ1) is 24.0. The van der Waals surface area contributed by atoms with Gasteiger partial charge in [0.2, 0.25) is 5.91 Å². The normalized spacial score (nSPS) is 15.4. The van der Waals surface area contributed by atoms with E-state index in [2.05, 4.69) is 15.0 Å². The Morgan fingerprint density at radius 1 is 1.09 bits per heavy atom. The number of esters is 1. The van der Waals surface area contributed by atoms with Crippen LogP contribution >= 0.6 is 0 Å². The molecule has 1 aliphatic heterocycles. The summed E-state index contributed by atoms with van der Waals surface area (Å²) in [6, 6.07) is 19.5. The fourth-order valence-corrected chi connectivity index (χ4v) is 3.98. The minimum absolute atomic E-state index is 0.261. The highest BCUT2D eigenvalue weighted by atomic mass is 19.1. The van der Waals surface area contributed by atoms with Crippen LogP contribution < -0.4 is 5.32 Å². The third-order valence-electron chi connectivity index (χ3n) is 5.62. The Kier molecular flexibility index (Phi) is 7.17. The Bertz CT molecular complexity index is 1300. The quantitative estimate of drug-likeness (QED) is 0.301. The Hall–Kier alpha value is -4.10. The smallest absolute Gasteiger partial charge is 0.330 e. The maximum Gasteiger partial charge on any atom is 0.330 e. The zero-order valence-electron chi connectivity index (χ0n) is 19.8. The average Bonchev–Trinajstić information content (AvgIpc) is 3.16. The number of nitrogens with one attached hydrogen (secondary N) is 1. The van der Waals surface area contributed by atoms with E-state index in [1.165, 1.54) is 25.3 Å². The third-order valence-corrected chi connectivity index (χ3v) is 5.62. The van der Waals surface area contributed by atoms with Crippen LogP contribution in [0.2, 0.25) is 0 Å². The van der Waals surface area contributed by atoms with Gasteiger partial charge in [-0.1, -0.05) is 42.5 Å². The largest absolute Gasteiger partial charge is 0.466 e. The first-order valence-corrected chi connectivity index (χ1v) is 11.1. The molecular weight excluding hydrogens is 445 g/mol. The van der Waals surface area contributed by atoms with Crippen LogP contribution in [-0.2, 0) is 20.9 Å². The van der Waals surface area contributed by atoms with Gasteiger partial charge in [0.1, 0.15) is 11.7 Å². The molecule has 0 spiro atoms. The molecular formula is C28H26FN3O3. The van der Waals surface area contributed by atoms with Crippen molar-refractivity contribution in [3.63, 3.8) is 0 Å². The molecule has 1 amide bonds. The molecule has 1 heterocycles. The lowest BCUT2D eigenvalue weighted by Gasteiger charge is -2.15. The van der Waals surface area contributed by atoms with E-state index < -0.39 is 17.7 Å². The minimum atomic E-state index is -0.691. The summed E-state index contributed by atoms with van der Waals surface area (Å²) >= 11 is 0. The van der Waals surface area contributed by atoms with E-state index in [1.807, 2.05) is 62.6 Å². The van der Waals surface area contributed by atoms with Gasteiger partial charge >= 0.3 is 5.97 Å². The number of carbonyl (C=O) groups is 2. The summed E-state index contributed by atoms with van der Waals surface area (Å²) in [5.41, 5.74) is 5.08. The number of ether oxygens (including phenoxy) is 1. The molecule has 1 unspecified atom stereocenters. The summed E-state index contributed by atoms with van der Waals surface area (Å²) in [6.45, 7) is 0.807. The second kappa shape index (κ2) is 10.4. The molecule has 0 fully saturated rings. The van der Waals surface area contributed by atoms with Crippen LogP contribution in [0.4, 0.5) is 15.8 Å². The van der Waals surface area contributed by atoms with Gasteiger partial charge in [-0.25, -0.2) is 9.18 Å². The topological polar surface area (TPSA) is 71.0 Å². The molecule has 4 rings (SSSR count). The van der Waals surface area contributed by atoms with Crippen LogP contribution in [0, 0.1) is 5.82 Å². The summed E-state index contributed by atoms with van der Waals surface area (Å²) in [7, 11) is 5.34. The monoisotopic (exact) mass is 471 g/mol. The molecule has 35 heavy (non-hydrogen) atoms. The summed E-state index contributed by atoms with van der Waals surface area (Å²) in [6.07, 6.45) is 2.99. The number of benzene rings is 3. The molecule has 0 aromatic heterocycles. The van der Waals surface area contributed by atoms with Gasteiger partial charge in [-0.3, -0.25) is 9.79 Å². The van der Waals surface area contributed by atoms with Crippen molar-refractivity contribution in [3.05, 3.63) is 101 Å². The Morgan fingerprint density at radius 2 is 1.80 bits per heavy atom. The number of methoxy groups -OCH3 is 1. The van der Waals surface area contributed by atoms with Crippen molar-refractivity contribution < 1.29 is 18.7 Å². The highest BCUT2D eigenvalue weighted by Gasteiger charge is 2.35. The zero-order valence-corrected chi connectivity index (χ0v) is 19.8. The van der Waals surface area contributed by atoms with Crippen molar-refractivity contribution in [2.24, 2.45) is 4.99 Å². The highest BCUT2D eigenvalue weighted by Crippen LogP contribution is 2.36. The molecule has 178 valence electrons. The second-order valence-corrected chi connectivity index (χ2v) is 8.53. The lowest BCUT2D eigenvalue weighted by atomic mass is 9.90. The predicted octanol–water partition coefficient (Wildman–Crippen LogP) is 4.93. The molecule has 0 bridgehead atoms. The van der Waals surface area contributed by atoms with E-state index in [0.29, 0.717) is 22.6 Å². The number of anilines is 1. The van der Waals surface area contributed by atoms with Gasteiger partial charge < -0.3 is 15.0 Å². The van der Waals surface area contributed by atoms with Crippen molar-refractivity contribution in [3.8, 4) is 0 Å². The van der Waals surface area contributed by atoms with E-state index in [9.17, 15) is 14.0 Å². The van der Waals surface area contributed by atoms with Crippen molar-refractivity contribution in [2.75, 3.05) is 26.5 Å². The Morgan fingerprint density at radius 3 is 2.46 bits per heavy atom. The Balaban J connectivity index is 1.75. The molecule has 0 radical (unpaired) electrons. The van der Waals surface area contributed by atoms with Crippen molar-refractivity contribution in [1.29, 1.82) is 0 Å². The maximum atomic E-state index is 13.8. The number of aliphatic imine (C=N–C) groups is 1. The summed E-state index contributed by atoms with van der Waals surface area (Å²) in [5, 5.41) is 2.78. The number of nitrogens with zero attached hydrogens (tertiary/aromatic N) is 2. The molecule has 3 aromatic carbocycles. The van der Waals surface area contributed by atoms with E-state index in [4.69, 9.17) is 4.99 Å². The van der Waals surface area contributed by atoms with Gasteiger partial charge in [-0.2, -0.15) is 0 Å². The number of hydrogen-bond acceptors (Lipinski definition) is 5. The molecule has 6 nitrogen and oxygen atoms in total. The number of fused-ring (bicyclic) bond motifs is 1. The van der Waals surface area contributed by atoms with E-state index >= 15 is 0 Å². The maximum absolute atomic E-state index is 13.8. The average molecular weight is 472 g/mol. The van der Waals surface area contributed by atoms with Crippen LogP contribution in [0.5, 0.6) is 0 Å². The molecule has 0 aliphatic carbocycles. The summed E-state index contributed by atoms with van der Waals surface area (Å²) in [5.74, 6) is -1.81. The molecule has 7 heteroatoms. The van der Waals surface area contributed by atoms with Crippen LogP contribution in [0.25, 0.3) is 6.08 Å². The number of amides is 1. The highest BCUT2D eigenvalue weighted by molar-refractivity contribution is 6.24. The number of carbonyl (C=O) groups excluding carboxylic acids is 2. The number of rotatable bonds is 7. The fourth-order valence-electron chi connectivity index (χ4n) is 3.98. The summed E-state index contributed by atoms with van der Waals surface area (Å²) in [4.78, 5) is 31.4. The van der Waals surface area contributed by atoms with Gasteiger partial charge in [-0.05, 0) is 66.7 Å². The molecule has 1 atom stereocenters. The zero-order chi connectivity index (χ0) is 24.9. The standard InChI is InChI=1S/C28H26FN3O3/c1-32(2)17-19-6-12-22(13-7-19)30-27(20-9-4-18(5-10-20)8-15-25(33)35-3)26-23-14-11-21(29)16-24(23)31-28(26)34/h4-16,26H,17H2,1-3H3,(H,31,34). The SMILES string of the molecule is COC(=O)C=Cc1ccc(C(=Nc2ccc(CN(C)C)cc2)C2C(=O)Nc3cc(F)ccc32)cc1. The van der Waals surface area contributed by atoms with Gasteiger partial charge in [0.25, 0.3) is 0 Å². The number of hydrogen-bond donors (Lipinski definition) is 1. The molecule has 0 saturated carbocycles. The van der Waals surface area contributed by atoms with E-state index in [1.54, 1.807) is 12.1 Å². The van der Waals surface area contributed by atoms with Crippen molar-refractivity contribution in [2.45, 2.75) is 12.5 Å². The first-order chi connectivity index (χ1) is 16.8. The second-order valence-electron chi connectivity index (χ2n) is 8.53. The molecule has 0 saturated heterocycles. The lowest BCUT2D eigenvalue weighted by molar-refractivity contribution is -0.134. The van der Waals surface area contributed by atoms with Crippen LogP contribution in [0.3, 0.4) is 0 Å². The molecule has 1 aliphatic rings. The molecule has 3 aromatic rings. The summed E-state index contributed by atoms with van der Waals surface area (Å²) < 4.78 is 18.4. The minimum Gasteiger partial charge on any atom is -0.466 e. The van der Waals surface area contributed by atoms with Gasteiger partial charge in [0.05, 0.1) is 18.5 Å². The Labute approximate surface area is 203 Å². The van der Waals surface area contributed by atoms with Gasteiger partial charge in [0, 0.05) is 18.3 Å². The van der Waals surface area contributed by atoms with Gasteiger partial charge in [-0.15, -0.1) is 0 Å². The van der Waals surface area contributed by atoms with Crippen LogP contribution in [0.15, 0.2) is 77.8 Å². The fraction of sp³-hybridized carbons (Fsp3) is 0.179. The van der Waals surface area contributed by atoms with E-state index in [-0.39, 0.29) is 5.91 Å². The van der Waals surface area contributed by atoms with Crippen LogP contribution in [-0.4, -0.2) is 43.7 Å². The predicted molar refractivity (Wildman–Crippen MR) is 135 cm³/mol. The van der Waals surface area contributed by atoms with Crippen LogP contribution in [0.1, 0.15) is 28.2 Å². The van der Waals surface area contributed by atoms with E-state index in [0.717, 1.165) is 23.2 Å². The van der Waals surface area contributed by atoms with Gasteiger partial charge in [0.15, 0.2) is 0 Å². The first-order valence-electron chi connectivity index (χ1n) is 11.1. The van der Waals surface area contributed by atoms with Crippen molar-refractivity contribution >= 4 is 35.0 Å². The van der Waals surface area contributed by atoms with Crippen molar-refractivity contribution in [1.82, 2.24) is 4.90 Å². The number of halogens is 1. The third kappa shape index (κ3) is 5.70.